The lowest BCUT2D eigenvalue weighted by Crippen LogP contribution is -2.29. The van der Waals surface area contributed by atoms with Gasteiger partial charge >= 0.3 is 6.30 Å². The van der Waals surface area contributed by atoms with Crippen LogP contribution in [0.3, 0.4) is 0 Å². The van der Waals surface area contributed by atoms with E-state index in [1.54, 1.807) is 25.1 Å². The highest BCUT2D eigenvalue weighted by Gasteiger charge is 2.44. The fraction of sp³-hybridized carbons (Fsp3) is 0.130. The number of nitrogens with one attached hydrogen (secondary N) is 1. The van der Waals surface area contributed by atoms with E-state index in [2.05, 4.69) is 20.2 Å². The number of aromatic nitrogens is 5. The molecule has 8 nitrogen and oxygen atoms in total. The van der Waals surface area contributed by atoms with Gasteiger partial charge in [-0.15, -0.1) is 13.2 Å². The number of aromatic amines is 1. The monoisotopic (exact) mass is 482 g/mol. The first-order valence-corrected chi connectivity index (χ1v) is 10.4. The Labute approximate surface area is 193 Å². The fourth-order valence-electron chi connectivity index (χ4n) is 4.39. The van der Waals surface area contributed by atoms with Crippen LogP contribution in [0, 0.1) is 12.7 Å². The molecule has 4 heterocycles. The van der Waals surface area contributed by atoms with Gasteiger partial charge in [-0.3, -0.25) is 9.69 Å². The zero-order valence-electron chi connectivity index (χ0n) is 17.8. The fourth-order valence-corrected chi connectivity index (χ4v) is 4.39. The summed E-state index contributed by atoms with van der Waals surface area (Å²) in [5, 5.41) is 7.17. The van der Waals surface area contributed by atoms with E-state index in [-0.39, 0.29) is 27.1 Å². The second kappa shape index (κ2) is 7.26. The third-order valence-electron chi connectivity index (χ3n) is 6.02. The summed E-state index contributed by atoms with van der Waals surface area (Å²) < 4.78 is 59.3. The van der Waals surface area contributed by atoms with E-state index in [0.717, 1.165) is 24.0 Å². The van der Waals surface area contributed by atoms with Crippen LogP contribution in [0.15, 0.2) is 59.6 Å². The summed E-state index contributed by atoms with van der Waals surface area (Å²) in [5.41, 5.74) is 2.80. The Morgan fingerprint density at radius 2 is 1.94 bits per heavy atom. The van der Waals surface area contributed by atoms with Crippen molar-refractivity contribution in [2.75, 3.05) is 4.90 Å². The highest BCUT2D eigenvalue weighted by Crippen LogP contribution is 2.44. The Morgan fingerprint density at radius 3 is 2.69 bits per heavy atom. The van der Waals surface area contributed by atoms with Crippen molar-refractivity contribution >= 4 is 22.6 Å². The number of rotatable bonds is 3. The van der Waals surface area contributed by atoms with Gasteiger partial charge in [0.25, 0.3) is 5.91 Å². The number of nitrogens with zero attached hydrogens (tertiary/aromatic N) is 5. The van der Waals surface area contributed by atoms with Gasteiger partial charge in [-0.1, -0.05) is 17.3 Å². The van der Waals surface area contributed by atoms with Crippen LogP contribution in [0.1, 0.15) is 33.4 Å². The molecule has 0 spiro atoms. The van der Waals surface area contributed by atoms with Crippen LogP contribution in [0.4, 0.5) is 23.2 Å². The topological polar surface area (TPSA) is 92.8 Å². The molecule has 1 aliphatic rings. The number of hydrogen-bond acceptors (Lipinski definition) is 5. The standard InChI is InChI=1S/C23H14F4N6O2/c1-11-19-20(31-35-11)22(34)33(14-3-5-17-18(7-14)29-10-28-17)21(19)15-4-2-12(6-16(15)24)13-8-30-32(9-13)23(25,26)27/h2-10,21H,1H3,(H,28,29). The molecule has 0 radical (unpaired) electrons. The van der Waals surface area contributed by atoms with Crippen molar-refractivity contribution < 1.29 is 26.9 Å². The number of hydrogen-bond donors (Lipinski definition) is 1. The third kappa shape index (κ3) is 3.21. The van der Waals surface area contributed by atoms with Gasteiger partial charge in [0, 0.05) is 23.0 Å². The lowest BCUT2D eigenvalue weighted by atomic mass is 9.96. The SMILES string of the molecule is Cc1onc2c1C(c1ccc(-c3cnn(C(F)(F)F)c3)cc1F)N(c1ccc3[nH]cnc3c1)C2=O. The van der Waals surface area contributed by atoms with Gasteiger partial charge in [-0.05, 0) is 36.8 Å². The number of carbonyl (C=O) groups excluding carboxylic acids is 1. The largest absolute Gasteiger partial charge is 0.504 e. The summed E-state index contributed by atoms with van der Waals surface area (Å²) in [6.45, 7) is 1.63. The Bertz CT molecular complexity index is 1620. The van der Waals surface area contributed by atoms with Crippen LogP contribution in [-0.2, 0) is 6.30 Å². The van der Waals surface area contributed by atoms with E-state index in [9.17, 15) is 18.0 Å². The predicted octanol–water partition coefficient (Wildman–Crippen LogP) is 5.09. The maximum atomic E-state index is 15.5. The second-order valence-electron chi connectivity index (χ2n) is 8.06. The Hall–Kier alpha value is -4.48. The molecule has 35 heavy (non-hydrogen) atoms. The minimum atomic E-state index is -4.68. The average molecular weight is 482 g/mol. The number of anilines is 1. The Morgan fingerprint density at radius 1 is 1.11 bits per heavy atom. The molecule has 2 aromatic carbocycles. The van der Waals surface area contributed by atoms with Gasteiger partial charge in [-0.25, -0.2) is 9.37 Å². The van der Waals surface area contributed by atoms with Gasteiger partial charge in [0.15, 0.2) is 5.69 Å². The molecule has 0 fully saturated rings. The van der Waals surface area contributed by atoms with E-state index in [1.165, 1.54) is 23.4 Å². The van der Waals surface area contributed by atoms with Gasteiger partial charge in [0.2, 0.25) is 0 Å². The predicted molar refractivity (Wildman–Crippen MR) is 115 cm³/mol. The maximum Gasteiger partial charge on any atom is 0.504 e. The molecule has 1 unspecified atom stereocenters. The minimum absolute atomic E-state index is 0.0737. The average Bonchev–Trinajstić information content (AvgIpc) is 3.59. The van der Waals surface area contributed by atoms with E-state index >= 15 is 4.39 Å². The first-order valence-electron chi connectivity index (χ1n) is 10.4. The molecule has 0 saturated carbocycles. The smallest absolute Gasteiger partial charge is 0.361 e. The molecule has 0 saturated heterocycles. The number of carbonyl (C=O) groups is 1. The number of alkyl halides is 3. The van der Waals surface area contributed by atoms with Crippen molar-refractivity contribution in [3.63, 3.8) is 0 Å². The van der Waals surface area contributed by atoms with Gasteiger partial charge in [-0.2, -0.15) is 9.78 Å². The van der Waals surface area contributed by atoms with Crippen molar-refractivity contribution in [1.82, 2.24) is 24.9 Å². The quantitative estimate of drug-likeness (QED) is 0.362. The second-order valence-corrected chi connectivity index (χ2v) is 8.06. The summed E-state index contributed by atoms with van der Waals surface area (Å²) in [6, 6.07) is 8.31. The van der Waals surface area contributed by atoms with E-state index in [4.69, 9.17) is 4.52 Å². The summed E-state index contributed by atoms with van der Waals surface area (Å²) in [7, 11) is 0. The lowest BCUT2D eigenvalue weighted by Gasteiger charge is -2.26. The molecule has 6 rings (SSSR count). The zero-order valence-corrected chi connectivity index (χ0v) is 17.8. The highest BCUT2D eigenvalue weighted by atomic mass is 19.4. The number of H-pyrrole nitrogens is 1. The van der Waals surface area contributed by atoms with Crippen LogP contribution in [0.25, 0.3) is 22.2 Å². The number of aryl methyl sites for hydroxylation is 1. The van der Waals surface area contributed by atoms with Crippen molar-refractivity contribution in [2.45, 2.75) is 19.3 Å². The Kier molecular flexibility index (Phi) is 4.37. The number of amides is 1. The minimum Gasteiger partial charge on any atom is -0.361 e. The van der Waals surface area contributed by atoms with Gasteiger partial charge < -0.3 is 9.51 Å². The number of fused-ring (bicyclic) bond motifs is 2. The van der Waals surface area contributed by atoms with E-state index in [0.29, 0.717) is 22.5 Å². The summed E-state index contributed by atoms with van der Waals surface area (Å²) >= 11 is 0. The number of imidazole rings is 1. The molecule has 1 N–H and O–H groups in total. The number of halogens is 4. The maximum absolute atomic E-state index is 15.5. The molecule has 3 aromatic heterocycles. The third-order valence-corrected chi connectivity index (χ3v) is 6.02. The van der Waals surface area contributed by atoms with Crippen LogP contribution in [0.5, 0.6) is 0 Å². The van der Waals surface area contributed by atoms with E-state index < -0.39 is 24.1 Å². The molecule has 1 amide bonds. The zero-order chi connectivity index (χ0) is 24.5. The van der Waals surface area contributed by atoms with E-state index in [1.807, 2.05) is 0 Å². The van der Waals surface area contributed by atoms with Gasteiger partial charge in [0.1, 0.15) is 11.6 Å². The van der Waals surface area contributed by atoms with Crippen LogP contribution >= 0.6 is 0 Å². The normalized spacial score (nSPS) is 15.9. The van der Waals surface area contributed by atoms with Crippen LogP contribution in [-0.4, -0.2) is 30.8 Å². The summed E-state index contributed by atoms with van der Waals surface area (Å²) in [6.07, 6.45) is -1.37. The van der Waals surface area contributed by atoms with Crippen molar-refractivity contribution in [3.8, 4) is 11.1 Å². The van der Waals surface area contributed by atoms with Gasteiger partial charge in [0.05, 0.1) is 35.2 Å². The van der Waals surface area contributed by atoms with Crippen molar-refractivity contribution in [1.29, 1.82) is 0 Å². The molecule has 0 bridgehead atoms. The molecule has 5 aromatic rings. The molecule has 1 aliphatic heterocycles. The van der Waals surface area contributed by atoms with Crippen LogP contribution < -0.4 is 4.90 Å². The van der Waals surface area contributed by atoms with Crippen molar-refractivity contribution in [3.05, 3.63) is 83.5 Å². The molecule has 176 valence electrons. The Balaban J connectivity index is 1.46. The lowest BCUT2D eigenvalue weighted by molar-refractivity contribution is -0.212. The van der Waals surface area contributed by atoms with Crippen LogP contribution in [0.2, 0.25) is 0 Å². The summed E-state index contributed by atoms with van der Waals surface area (Å²) in [4.78, 5) is 21.9. The first kappa shape index (κ1) is 21.1. The molecular weight excluding hydrogens is 468 g/mol. The molecule has 1 atom stereocenters. The molecule has 12 heteroatoms. The first-order chi connectivity index (χ1) is 16.7. The molecule has 0 aliphatic carbocycles. The highest BCUT2D eigenvalue weighted by molar-refractivity contribution is 6.11. The van der Waals surface area contributed by atoms with Crippen molar-refractivity contribution in [2.24, 2.45) is 0 Å². The molecular formula is C23H14F4N6O2. The summed E-state index contributed by atoms with van der Waals surface area (Å²) in [5.74, 6) is -0.817. The number of benzene rings is 2.